The van der Waals surface area contributed by atoms with E-state index < -0.39 is 0 Å². The molecule has 1 fully saturated rings. The van der Waals surface area contributed by atoms with E-state index in [1.54, 1.807) is 11.0 Å². The molecule has 0 atom stereocenters. The first-order valence-corrected chi connectivity index (χ1v) is 11.1. The maximum absolute atomic E-state index is 13.4. The number of amidine groups is 1. The molecule has 1 saturated heterocycles. The number of nitrogens with zero attached hydrogens (tertiary/aromatic N) is 5. The van der Waals surface area contributed by atoms with Crippen LogP contribution in [0.5, 0.6) is 0 Å². The van der Waals surface area contributed by atoms with Crippen LogP contribution in [0, 0.1) is 0 Å². The molecule has 0 unspecified atom stereocenters. The molecule has 8 heteroatoms. The van der Waals surface area contributed by atoms with Crippen molar-refractivity contribution in [3.05, 3.63) is 76.6 Å². The second-order valence-electron chi connectivity index (χ2n) is 7.98. The third-order valence-corrected chi connectivity index (χ3v) is 6.17. The Morgan fingerprint density at radius 2 is 1.84 bits per heavy atom. The number of hydrogen-bond donors (Lipinski definition) is 1. The van der Waals surface area contributed by atoms with E-state index >= 15 is 0 Å². The van der Waals surface area contributed by atoms with Gasteiger partial charge in [-0.05, 0) is 18.2 Å². The highest BCUT2D eigenvalue weighted by Crippen LogP contribution is 2.33. The highest BCUT2D eigenvalue weighted by atomic mass is 35.5. The summed E-state index contributed by atoms with van der Waals surface area (Å²) in [6.07, 6.45) is 1.86. The summed E-state index contributed by atoms with van der Waals surface area (Å²) in [6, 6.07) is 15.4. The van der Waals surface area contributed by atoms with Gasteiger partial charge in [-0.25, -0.2) is 4.99 Å². The summed E-state index contributed by atoms with van der Waals surface area (Å²) in [5, 5.41) is 9.72. The van der Waals surface area contributed by atoms with Gasteiger partial charge in [0.2, 0.25) is 0 Å². The van der Waals surface area contributed by atoms with Crippen molar-refractivity contribution in [2.24, 2.45) is 9.98 Å². The zero-order valence-corrected chi connectivity index (χ0v) is 18.4. The summed E-state index contributed by atoms with van der Waals surface area (Å²) in [5.74, 6) is 0.473. The van der Waals surface area contributed by atoms with Gasteiger partial charge in [-0.3, -0.25) is 19.6 Å². The van der Waals surface area contributed by atoms with Crippen molar-refractivity contribution >= 4 is 34.7 Å². The lowest BCUT2D eigenvalue weighted by molar-refractivity contribution is -0.114. The third-order valence-electron chi connectivity index (χ3n) is 5.94. The number of anilines is 1. The van der Waals surface area contributed by atoms with E-state index in [1.165, 1.54) is 0 Å². The Labute approximate surface area is 191 Å². The Morgan fingerprint density at radius 1 is 1.06 bits per heavy atom. The van der Waals surface area contributed by atoms with Crippen LogP contribution in [0.1, 0.15) is 11.1 Å². The van der Waals surface area contributed by atoms with E-state index in [0.29, 0.717) is 29.6 Å². The number of hydrogen-bond acceptors (Lipinski definition) is 6. The number of rotatable bonds is 4. The number of halogens is 1. The molecule has 0 saturated carbocycles. The number of carbonyl (C=O) groups is 1. The lowest BCUT2D eigenvalue weighted by Gasteiger charge is -2.33. The fraction of sp³-hybridized carbons (Fsp3) is 0.292. The van der Waals surface area contributed by atoms with Crippen LogP contribution in [0.15, 0.2) is 70.4 Å². The number of fused-ring (bicyclic) bond motifs is 3. The summed E-state index contributed by atoms with van der Waals surface area (Å²) in [4.78, 5) is 28.9. The lowest BCUT2D eigenvalue weighted by Crippen LogP contribution is -2.45. The van der Waals surface area contributed by atoms with E-state index in [0.717, 1.165) is 48.7 Å². The van der Waals surface area contributed by atoms with E-state index in [-0.39, 0.29) is 12.5 Å². The van der Waals surface area contributed by atoms with Crippen molar-refractivity contribution in [3.8, 4) is 0 Å². The zero-order chi connectivity index (χ0) is 22.1. The summed E-state index contributed by atoms with van der Waals surface area (Å²) in [5.41, 5.74) is 3.77. The molecule has 0 bridgehead atoms. The predicted octanol–water partition coefficient (Wildman–Crippen LogP) is 2.39. The van der Waals surface area contributed by atoms with Crippen molar-refractivity contribution in [2.75, 3.05) is 50.8 Å². The lowest BCUT2D eigenvalue weighted by atomic mass is 10.00. The molecule has 7 nitrogen and oxygen atoms in total. The molecule has 32 heavy (non-hydrogen) atoms. The zero-order valence-electron chi connectivity index (χ0n) is 17.6. The highest BCUT2D eigenvalue weighted by Gasteiger charge is 2.36. The normalized spacial score (nSPS) is 20.1. The van der Waals surface area contributed by atoms with Gasteiger partial charge >= 0.3 is 0 Å². The van der Waals surface area contributed by atoms with E-state index in [2.05, 4.69) is 14.8 Å². The van der Waals surface area contributed by atoms with Crippen LogP contribution in [0.2, 0.25) is 5.02 Å². The van der Waals surface area contributed by atoms with Gasteiger partial charge in [0, 0.05) is 55.1 Å². The third kappa shape index (κ3) is 3.95. The maximum Gasteiger partial charge on any atom is 0.284 e. The molecule has 2 aromatic carbocycles. The SMILES string of the molecule is O=C1/C(=C\N2CCN(CCO)CC2)N=C2CN=C(c3ccccc3)c3cc(Cl)ccc3N12. The molecule has 2 aromatic rings. The minimum Gasteiger partial charge on any atom is -0.395 e. The number of benzene rings is 2. The van der Waals surface area contributed by atoms with E-state index in [9.17, 15) is 4.79 Å². The van der Waals surface area contributed by atoms with Crippen LogP contribution in [0.25, 0.3) is 0 Å². The van der Waals surface area contributed by atoms with Crippen LogP contribution in [-0.2, 0) is 4.79 Å². The first-order chi connectivity index (χ1) is 15.6. The van der Waals surface area contributed by atoms with Gasteiger partial charge in [-0.1, -0.05) is 41.9 Å². The first kappa shape index (κ1) is 20.9. The molecule has 0 aromatic heterocycles. The molecular formula is C24H24ClN5O2. The van der Waals surface area contributed by atoms with E-state index in [4.69, 9.17) is 21.7 Å². The Balaban J connectivity index is 1.48. The van der Waals surface area contributed by atoms with Crippen LogP contribution in [-0.4, -0.2) is 78.2 Å². The Kier molecular flexibility index (Phi) is 5.78. The minimum absolute atomic E-state index is 0.147. The topological polar surface area (TPSA) is 71.7 Å². The quantitative estimate of drug-likeness (QED) is 0.727. The van der Waals surface area contributed by atoms with Gasteiger partial charge in [0.15, 0.2) is 0 Å². The molecule has 1 amide bonds. The Morgan fingerprint density at radius 3 is 2.59 bits per heavy atom. The fourth-order valence-corrected chi connectivity index (χ4v) is 4.48. The number of amides is 1. The summed E-state index contributed by atoms with van der Waals surface area (Å²) in [7, 11) is 0. The summed E-state index contributed by atoms with van der Waals surface area (Å²) in [6.45, 7) is 4.45. The molecule has 3 aliphatic rings. The molecule has 5 rings (SSSR count). The Bertz CT molecular complexity index is 1120. The van der Waals surface area contributed by atoms with Crippen LogP contribution in [0.3, 0.4) is 0 Å². The molecule has 0 radical (unpaired) electrons. The second-order valence-corrected chi connectivity index (χ2v) is 8.41. The van der Waals surface area contributed by atoms with Gasteiger partial charge in [0.1, 0.15) is 11.5 Å². The summed E-state index contributed by atoms with van der Waals surface area (Å²) >= 11 is 6.33. The van der Waals surface area contributed by atoms with Crippen molar-refractivity contribution in [2.45, 2.75) is 0 Å². The maximum atomic E-state index is 13.4. The number of carbonyl (C=O) groups excluding carboxylic acids is 1. The average molecular weight is 450 g/mol. The Hall–Kier alpha value is -3.00. The van der Waals surface area contributed by atoms with Gasteiger partial charge in [0.25, 0.3) is 5.91 Å². The summed E-state index contributed by atoms with van der Waals surface area (Å²) < 4.78 is 0. The fourth-order valence-electron chi connectivity index (χ4n) is 4.31. The average Bonchev–Trinajstić information content (AvgIpc) is 3.02. The molecule has 0 aliphatic carbocycles. The smallest absolute Gasteiger partial charge is 0.284 e. The number of aliphatic hydroxyl groups is 1. The van der Waals surface area contributed by atoms with Gasteiger partial charge in [0.05, 0.1) is 24.6 Å². The van der Waals surface area contributed by atoms with Crippen LogP contribution in [0.4, 0.5) is 5.69 Å². The van der Waals surface area contributed by atoms with Gasteiger partial charge < -0.3 is 10.0 Å². The number of piperazine rings is 1. The molecule has 1 N–H and O–H groups in total. The number of aliphatic imine (C=N–C) groups is 2. The number of aliphatic hydroxyl groups excluding tert-OH is 1. The molecule has 3 aliphatic heterocycles. The van der Waals surface area contributed by atoms with Gasteiger partial charge in [-0.15, -0.1) is 0 Å². The van der Waals surface area contributed by atoms with Crippen molar-refractivity contribution < 1.29 is 9.90 Å². The molecule has 0 spiro atoms. The van der Waals surface area contributed by atoms with Crippen LogP contribution >= 0.6 is 11.6 Å². The predicted molar refractivity (Wildman–Crippen MR) is 127 cm³/mol. The second kappa shape index (κ2) is 8.86. The molecular weight excluding hydrogens is 426 g/mol. The van der Waals surface area contributed by atoms with Crippen molar-refractivity contribution in [1.29, 1.82) is 0 Å². The van der Waals surface area contributed by atoms with Crippen LogP contribution < -0.4 is 4.90 Å². The first-order valence-electron chi connectivity index (χ1n) is 10.7. The standard InChI is InChI=1S/C24H24ClN5O2/c25-18-6-7-21-19(14-18)23(17-4-2-1-3-5-17)26-15-22-27-20(24(32)30(21)22)16-29-10-8-28(9-11-29)12-13-31/h1-7,14,16,31H,8-13,15H2/b20-16+. The largest absolute Gasteiger partial charge is 0.395 e. The number of β-amino-alcohol motifs (C(OH)–C–C–N with tert-alkyl or cyclic N) is 1. The van der Waals surface area contributed by atoms with Crippen molar-refractivity contribution in [3.63, 3.8) is 0 Å². The van der Waals surface area contributed by atoms with Gasteiger partial charge in [-0.2, -0.15) is 0 Å². The minimum atomic E-state index is -0.147. The highest BCUT2D eigenvalue weighted by molar-refractivity contribution is 6.34. The van der Waals surface area contributed by atoms with E-state index in [1.807, 2.05) is 48.7 Å². The monoisotopic (exact) mass is 449 g/mol. The molecule has 3 heterocycles. The molecule has 164 valence electrons. The van der Waals surface area contributed by atoms with Crippen molar-refractivity contribution in [1.82, 2.24) is 9.80 Å².